The van der Waals surface area contributed by atoms with E-state index >= 15 is 0 Å². The molecule has 0 aliphatic carbocycles. The van der Waals surface area contributed by atoms with Crippen molar-refractivity contribution in [3.63, 3.8) is 0 Å². The zero-order valence-electron chi connectivity index (χ0n) is 11.2. The predicted octanol–water partition coefficient (Wildman–Crippen LogP) is 2.28. The van der Waals surface area contributed by atoms with E-state index in [0.29, 0.717) is 12.1 Å². The molecular weight excluding hydrogens is 336 g/mol. The molecule has 0 aliphatic heterocycles. The largest absolute Gasteiger partial charge is 0.417 e. The molecule has 0 radical (unpaired) electrons. The first-order valence-electron chi connectivity index (χ1n) is 5.48. The molecule has 10 heteroatoms. The minimum absolute atomic E-state index is 0. The lowest BCUT2D eigenvalue weighted by Gasteiger charge is -2.20. The highest BCUT2D eigenvalue weighted by molar-refractivity contribution is 7.89. The quantitative estimate of drug-likeness (QED) is 0.818. The zero-order chi connectivity index (χ0) is 15.8. The van der Waals surface area contributed by atoms with Crippen LogP contribution in [-0.2, 0) is 16.2 Å². The van der Waals surface area contributed by atoms with Crippen LogP contribution >= 0.6 is 12.4 Å². The molecule has 4 nitrogen and oxygen atoms in total. The Bertz CT molecular complexity index is 597. The summed E-state index contributed by atoms with van der Waals surface area (Å²) in [6.45, 7) is 2.75. The maximum atomic E-state index is 12.9. The molecule has 0 saturated heterocycles. The molecular formula is C11H15ClF4N2O2S. The van der Waals surface area contributed by atoms with Gasteiger partial charge in [0.2, 0.25) is 10.0 Å². The second-order valence-electron chi connectivity index (χ2n) is 4.95. The van der Waals surface area contributed by atoms with Crippen molar-refractivity contribution in [3.05, 3.63) is 29.6 Å². The van der Waals surface area contributed by atoms with Crippen LogP contribution < -0.4 is 10.5 Å². The van der Waals surface area contributed by atoms with Gasteiger partial charge in [-0.15, -0.1) is 12.4 Å². The number of rotatable bonds is 4. The van der Waals surface area contributed by atoms with Gasteiger partial charge in [0.05, 0.1) is 10.5 Å². The van der Waals surface area contributed by atoms with Crippen molar-refractivity contribution in [2.45, 2.75) is 30.5 Å². The summed E-state index contributed by atoms with van der Waals surface area (Å²) in [7, 11) is -4.44. The molecule has 0 amide bonds. The molecule has 21 heavy (non-hydrogen) atoms. The van der Waals surface area contributed by atoms with Gasteiger partial charge in [-0.05, 0) is 32.0 Å². The van der Waals surface area contributed by atoms with E-state index in [0.717, 1.165) is 0 Å². The second-order valence-corrected chi connectivity index (χ2v) is 6.69. The standard InChI is InChI=1S/C11H14F4N2O2S.ClH/c1-10(2,16)6-17-20(18,19)9-4-3-7(12)5-8(9)11(13,14)15;/h3-5,17H,6,16H2,1-2H3;1H. The number of nitrogens with two attached hydrogens (primary N) is 1. The average Bonchev–Trinajstić information content (AvgIpc) is 2.24. The minimum atomic E-state index is -4.98. The SMILES string of the molecule is CC(C)(N)CNS(=O)(=O)c1ccc(F)cc1C(F)(F)F.Cl. The topological polar surface area (TPSA) is 72.2 Å². The molecule has 0 aliphatic rings. The second kappa shape index (κ2) is 6.47. The summed E-state index contributed by atoms with van der Waals surface area (Å²) < 4.78 is 76.9. The Balaban J connectivity index is 0.00000400. The summed E-state index contributed by atoms with van der Waals surface area (Å²) in [5, 5.41) is 0. The van der Waals surface area contributed by atoms with E-state index in [1.165, 1.54) is 13.8 Å². The van der Waals surface area contributed by atoms with Gasteiger partial charge < -0.3 is 5.73 Å². The van der Waals surface area contributed by atoms with Crippen LogP contribution in [0.15, 0.2) is 23.1 Å². The molecule has 0 atom stereocenters. The van der Waals surface area contributed by atoms with Crippen molar-refractivity contribution >= 4 is 22.4 Å². The van der Waals surface area contributed by atoms with Gasteiger partial charge in [0, 0.05) is 12.1 Å². The van der Waals surface area contributed by atoms with E-state index in [-0.39, 0.29) is 25.0 Å². The monoisotopic (exact) mass is 350 g/mol. The molecule has 1 aromatic rings. The lowest BCUT2D eigenvalue weighted by Crippen LogP contribution is -2.45. The Morgan fingerprint density at radius 2 is 1.76 bits per heavy atom. The summed E-state index contributed by atoms with van der Waals surface area (Å²) in [6.07, 6.45) is -4.98. The van der Waals surface area contributed by atoms with Crippen LogP contribution in [0.5, 0.6) is 0 Å². The minimum Gasteiger partial charge on any atom is -0.324 e. The lowest BCUT2D eigenvalue weighted by atomic mass is 10.1. The van der Waals surface area contributed by atoms with Crippen molar-refractivity contribution < 1.29 is 26.0 Å². The Hall–Kier alpha value is -0.900. The van der Waals surface area contributed by atoms with Crippen LogP contribution in [0.4, 0.5) is 17.6 Å². The molecule has 0 fully saturated rings. The maximum absolute atomic E-state index is 12.9. The van der Waals surface area contributed by atoms with E-state index in [9.17, 15) is 26.0 Å². The predicted molar refractivity (Wildman–Crippen MR) is 72.1 cm³/mol. The van der Waals surface area contributed by atoms with Crippen molar-refractivity contribution in [1.82, 2.24) is 4.72 Å². The fourth-order valence-electron chi connectivity index (χ4n) is 1.32. The number of benzene rings is 1. The van der Waals surface area contributed by atoms with E-state index in [1.54, 1.807) is 0 Å². The molecule has 0 heterocycles. The van der Waals surface area contributed by atoms with Crippen LogP contribution in [0.3, 0.4) is 0 Å². The van der Waals surface area contributed by atoms with Crippen LogP contribution in [0.25, 0.3) is 0 Å². The van der Waals surface area contributed by atoms with Crippen LogP contribution in [0.2, 0.25) is 0 Å². The highest BCUT2D eigenvalue weighted by atomic mass is 35.5. The average molecular weight is 351 g/mol. The first-order valence-corrected chi connectivity index (χ1v) is 6.96. The van der Waals surface area contributed by atoms with Gasteiger partial charge in [0.15, 0.2) is 0 Å². The number of sulfonamides is 1. The summed E-state index contributed by atoms with van der Waals surface area (Å²) >= 11 is 0. The first-order chi connectivity index (χ1) is 8.83. The van der Waals surface area contributed by atoms with E-state index < -0.39 is 38.0 Å². The summed E-state index contributed by atoms with van der Waals surface area (Å²) in [6, 6.07) is 1.36. The van der Waals surface area contributed by atoms with E-state index in [2.05, 4.69) is 0 Å². The molecule has 3 N–H and O–H groups in total. The summed E-state index contributed by atoms with van der Waals surface area (Å²) in [5.41, 5.74) is 3.06. The van der Waals surface area contributed by atoms with Gasteiger partial charge in [-0.2, -0.15) is 13.2 Å². The number of alkyl halides is 3. The third kappa shape index (κ3) is 5.77. The number of hydrogen-bond donors (Lipinski definition) is 2. The Morgan fingerprint density at radius 3 is 2.19 bits per heavy atom. The van der Waals surface area contributed by atoms with Gasteiger partial charge in [0.25, 0.3) is 0 Å². The van der Waals surface area contributed by atoms with Crippen LogP contribution in [0.1, 0.15) is 19.4 Å². The molecule has 0 unspecified atom stereocenters. The molecule has 122 valence electrons. The molecule has 0 aromatic heterocycles. The van der Waals surface area contributed by atoms with Gasteiger partial charge in [0.1, 0.15) is 5.82 Å². The van der Waals surface area contributed by atoms with Crippen molar-refractivity contribution in [2.24, 2.45) is 5.73 Å². The van der Waals surface area contributed by atoms with Gasteiger partial charge in [-0.3, -0.25) is 0 Å². The number of nitrogens with one attached hydrogen (secondary N) is 1. The maximum Gasteiger partial charge on any atom is 0.417 e. The smallest absolute Gasteiger partial charge is 0.324 e. The molecule has 0 saturated carbocycles. The Labute approximate surface area is 126 Å². The van der Waals surface area contributed by atoms with Crippen LogP contribution in [-0.4, -0.2) is 20.5 Å². The third-order valence-corrected chi connectivity index (χ3v) is 3.71. The lowest BCUT2D eigenvalue weighted by molar-refractivity contribution is -0.140. The van der Waals surface area contributed by atoms with Gasteiger partial charge >= 0.3 is 6.18 Å². The number of halogens is 5. The Morgan fingerprint density at radius 1 is 1.24 bits per heavy atom. The summed E-state index contributed by atoms with van der Waals surface area (Å²) in [4.78, 5) is -1.03. The fraction of sp³-hybridized carbons (Fsp3) is 0.455. The number of hydrogen-bond acceptors (Lipinski definition) is 3. The van der Waals surface area contributed by atoms with Crippen molar-refractivity contribution in [2.75, 3.05) is 6.54 Å². The van der Waals surface area contributed by atoms with Crippen molar-refractivity contribution in [1.29, 1.82) is 0 Å². The molecule has 1 rings (SSSR count). The highest BCUT2D eigenvalue weighted by Gasteiger charge is 2.37. The fourth-order valence-corrected chi connectivity index (χ4v) is 2.75. The van der Waals surface area contributed by atoms with Gasteiger partial charge in [-0.1, -0.05) is 0 Å². The van der Waals surface area contributed by atoms with Gasteiger partial charge in [-0.25, -0.2) is 17.5 Å². The van der Waals surface area contributed by atoms with Crippen LogP contribution in [0, 0.1) is 5.82 Å². The molecule has 1 aromatic carbocycles. The first kappa shape index (κ1) is 20.1. The molecule has 0 bridgehead atoms. The Kier molecular flexibility index (Phi) is 6.19. The molecule has 0 spiro atoms. The zero-order valence-corrected chi connectivity index (χ0v) is 12.8. The van der Waals surface area contributed by atoms with E-state index in [1.807, 2.05) is 4.72 Å². The summed E-state index contributed by atoms with van der Waals surface area (Å²) in [5.74, 6) is -1.17. The third-order valence-electron chi connectivity index (χ3n) is 2.25. The van der Waals surface area contributed by atoms with E-state index in [4.69, 9.17) is 5.73 Å². The highest BCUT2D eigenvalue weighted by Crippen LogP contribution is 2.34. The normalized spacial score (nSPS) is 12.9. The van der Waals surface area contributed by atoms with Crippen molar-refractivity contribution in [3.8, 4) is 0 Å².